The highest BCUT2D eigenvalue weighted by Gasteiger charge is 2.15. The molecule has 0 radical (unpaired) electrons. The molecule has 3 aromatic carbocycles. The monoisotopic (exact) mass is 354 g/mol. The molecule has 2 nitrogen and oxygen atoms in total. The molecular weight excluding hydrogens is 328 g/mol. The molecule has 0 unspecified atom stereocenters. The molecule has 4 aromatic rings. The molecule has 136 valence electrons. The summed E-state index contributed by atoms with van der Waals surface area (Å²) in [4.78, 5) is 5.96. The third kappa shape index (κ3) is 3.81. The van der Waals surface area contributed by atoms with Crippen molar-refractivity contribution in [3.05, 3.63) is 95.6 Å². The Balaban J connectivity index is 1.81. The first-order chi connectivity index (χ1) is 13.2. The van der Waals surface area contributed by atoms with Gasteiger partial charge in [-0.05, 0) is 49.7 Å². The molecule has 0 aliphatic rings. The Hall–Kier alpha value is -2.84. The van der Waals surface area contributed by atoms with E-state index in [2.05, 4.69) is 103 Å². The fourth-order valence-corrected chi connectivity index (χ4v) is 3.76. The zero-order valence-corrected chi connectivity index (χ0v) is 16.1. The van der Waals surface area contributed by atoms with Crippen molar-refractivity contribution in [3.63, 3.8) is 0 Å². The lowest BCUT2D eigenvalue weighted by Gasteiger charge is -2.13. The summed E-state index contributed by atoms with van der Waals surface area (Å²) >= 11 is 0. The van der Waals surface area contributed by atoms with Crippen LogP contribution in [0.15, 0.2) is 78.9 Å². The van der Waals surface area contributed by atoms with Crippen molar-refractivity contribution in [1.29, 1.82) is 0 Å². The largest absolute Gasteiger partial charge is 0.354 e. The molecule has 0 aliphatic heterocycles. The van der Waals surface area contributed by atoms with E-state index in [1.807, 2.05) is 0 Å². The van der Waals surface area contributed by atoms with Gasteiger partial charge in [0.25, 0.3) is 0 Å². The standard InChI is InChI=1S/C25H26N2/c1-27(2)17-16-23-22-14-8-9-15-24(22)26-25(23)21-13-7-6-12-20(21)18-19-10-4-3-5-11-19/h3-15,26H,16-18H2,1-2H3. The van der Waals surface area contributed by atoms with Crippen LogP contribution in [0.3, 0.4) is 0 Å². The van der Waals surface area contributed by atoms with Gasteiger partial charge in [0.05, 0.1) is 5.69 Å². The summed E-state index contributed by atoms with van der Waals surface area (Å²) < 4.78 is 0. The van der Waals surface area contributed by atoms with Gasteiger partial charge in [-0.25, -0.2) is 0 Å². The van der Waals surface area contributed by atoms with Gasteiger partial charge in [0.1, 0.15) is 0 Å². The third-order valence-electron chi connectivity index (χ3n) is 5.15. The van der Waals surface area contributed by atoms with Crippen LogP contribution in [0.25, 0.3) is 22.2 Å². The molecule has 0 saturated heterocycles. The zero-order chi connectivity index (χ0) is 18.6. The maximum absolute atomic E-state index is 3.71. The fourth-order valence-electron chi connectivity index (χ4n) is 3.76. The molecule has 0 fully saturated rings. The molecule has 0 bridgehead atoms. The van der Waals surface area contributed by atoms with E-state index in [1.165, 1.54) is 38.9 Å². The van der Waals surface area contributed by atoms with Gasteiger partial charge in [0, 0.05) is 23.0 Å². The summed E-state index contributed by atoms with van der Waals surface area (Å²) in [6.07, 6.45) is 1.98. The van der Waals surface area contributed by atoms with Crippen molar-refractivity contribution in [3.8, 4) is 11.3 Å². The average molecular weight is 354 g/mol. The molecule has 0 saturated carbocycles. The lowest BCUT2D eigenvalue weighted by molar-refractivity contribution is 0.414. The molecule has 0 aliphatic carbocycles. The minimum atomic E-state index is 0.944. The molecule has 0 spiro atoms. The highest BCUT2D eigenvalue weighted by molar-refractivity contribution is 5.91. The average Bonchev–Trinajstić information content (AvgIpc) is 3.06. The van der Waals surface area contributed by atoms with Gasteiger partial charge in [0.2, 0.25) is 0 Å². The van der Waals surface area contributed by atoms with Crippen LogP contribution in [0.5, 0.6) is 0 Å². The Bertz CT molecular complexity index is 1030. The predicted octanol–water partition coefficient (Wildman–Crippen LogP) is 5.53. The Labute approximate surface area is 161 Å². The molecule has 4 rings (SSSR count). The summed E-state index contributed by atoms with van der Waals surface area (Å²) in [7, 11) is 4.27. The second-order valence-electron chi connectivity index (χ2n) is 7.40. The summed E-state index contributed by atoms with van der Waals surface area (Å²) in [5, 5.41) is 1.34. The first-order valence-corrected chi connectivity index (χ1v) is 9.59. The molecule has 0 amide bonds. The number of para-hydroxylation sites is 1. The van der Waals surface area contributed by atoms with Crippen LogP contribution in [0, 0.1) is 0 Å². The Kier molecular flexibility index (Phi) is 5.08. The van der Waals surface area contributed by atoms with Crippen LogP contribution in [0.4, 0.5) is 0 Å². The van der Waals surface area contributed by atoms with Crippen molar-refractivity contribution in [2.24, 2.45) is 0 Å². The van der Waals surface area contributed by atoms with Gasteiger partial charge < -0.3 is 9.88 Å². The number of likely N-dealkylation sites (N-methyl/N-ethyl adjacent to an activating group) is 1. The van der Waals surface area contributed by atoms with Gasteiger partial charge in [-0.1, -0.05) is 72.8 Å². The number of benzene rings is 3. The van der Waals surface area contributed by atoms with E-state index in [-0.39, 0.29) is 0 Å². The van der Waals surface area contributed by atoms with E-state index < -0.39 is 0 Å². The second kappa shape index (κ2) is 7.81. The Morgan fingerprint density at radius 2 is 1.48 bits per heavy atom. The lowest BCUT2D eigenvalue weighted by atomic mass is 9.95. The summed E-state index contributed by atoms with van der Waals surface area (Å²) in [6.45, 7) is 1.04. The quantitative estimate of drug-likeness (QED) is 0.482. The predicted molar refractivity (Wildman–Crippen MR) is 115 cm³/mol. The maximum Gasteiger partial charge on any atom is 0.0500 e. The molecular formula is C25H26N2. The van der Waals surface area contributed by atoms with E-state index in [4.69, 9.17) is 0 Å². The Morgan fingerprint density at radius 3 is 2.30 bits per heavy atom. The van der Waals surface area contributed by atoms with Gasteiger partial charge in [-0.15, -0.1) is 0 Å². The number of H-pyrrole nitrogens is 1. The smallest absolute Gasteiger partial charge is 0.0500 e. The normalized spacial score (nSPS) is 11.4. The van der Waals surface area contributed by atoms with E-state index >= 15 is 0 Å². The van der Waals surface area contributed by atoms with E-state index in [0.717, 1.165) is 19.4 Å². The van der Waals surface area contributed by atoms with Crippen LogP contribution in [0.1, 0.15) is 16.7 Å². The number of aromatic nitrogens is 1. The van der Waals surface area contributed by atoms with Crippen LogP contribution in [-0.2, 0) is 12.8 Å². The van der Waals surface area contributed by atoms with E-state index in [1.54, 1.807) is 0 Å². The lowest BCUT2D eigenvalue weighted by Crippen LogP contribution is -2.15. The molecule has 1 heterocycles. The van der Waals surface area contributed by atoms with Crippen LogP contribution in [0.2, 0.25) is 0 Å². The summed E-state index contributed by atoms with van der Waals surface area (Å²) in [5.41, 5.74) is 7.92. The first-order valence-electron chi connectivity index (χ1n) is 9.59. The van der Waals surface area contributed by atoms with Gasteiger partial charge in [-0.2, -0.15) is 0 Å². The minimum Gasteiger partial charge on any atom is -0.354 e. The van der Waals surface area contributed by atoms with Crippen LogP contribution in [-0.4, -0.2) is 30.5 Å². The highest BCUT2D eigenvalue weighted by Crippen LogP contribution is 2.33. The van der Waals surface area contributed by atoms with E-state index in [0.29, 0.717) is 0 Å². The van der Waals surface area contributed by atoms with Crippen LogP contribution >= 0.6 is 0 Å². The number of aromatic amines is 1. The topological polar surface area (TPSA) is 19.0 Å². The number of nitrogens with zero attached hydrogens (tertiary/aromatic N) is 1. The van der Waals surface area contributed by atoms with Crippen molar-refractivity contribution in [2.75, 3.05) is 20.6 Å². The molecule has 27 heavy (non-hydrogen) atoms. The Morgan fingerprint density at radius 1 is 0.778 bits per heavy atom. The number of rotatable bonds is 6. The highest BCUT2D eigenvalue weighted by atomic mass is 15.0. The molecule has 0 atom stereocenters. The number of nitrogens with one attached hydrogen (secondary N) is 1. The molecule has 1 N–H and O–H groups in total. The van der Waals surface area contributed by atoms with Gasteiger partial charge in [-0.3, -0.25) is 0 Å². The second-order valence-corrected chi connectivity index (χ2v) is 7.40. The van der Waals surface area contributed by atoms with Crippen molar-refractivity contribution in [2.45, 2.75) is 12.8 Å². The minimum absolute atomic E-state index is 0.944. The van der Waals surface area contributed by atoms with Crippen molar-refractivity contribution >= 4 is 10.9 Å². The zero-order valence-electron chi connectivity index (χ0n) is 16.1. The summed E-state index contributed by atoms with van der Waals surface area (Å²) in [5.74, 6) is 0. The molecule has 2 heteroatoms. The van der Waals surface area contributed by atoms with Crippen molar-refractivity contribution < 1.29 is 0 Å². The van der Waals surface area contributed by atoms with E-state index in [9.17, 15) is 0 Å². The number of hydrogen-bond donors (Lipinski definition) is 1. The maximum atomic E-state index is 3.71. The van der Waals surface area contributed by atoms with Crippen molar-refractivity contribution in [1.82, 2.24) is 9.88 Å². The fraction of sp³-hybridized carbons (Fsp3) is 0.200. The third-order valence-corrected chi connectivity index (χ3v) is 5.15. The SMILES string of the molecule is CN(C)CCc1c(-c2ccccc2Cc2ccccc2)[nH]c2ccccc12. The number of hydrogen-bond acceptors (Lipinski definition) is 1. The first kappa shape index (κ1) is 17.6. The number of fused-ring (bicyclic) bond motifs is 1. The van der Waals surface area contributed by atoms with Gasteiger partial charge >= 0.3 is 0 Å². The van der Waals surface area contributed by atoms with Gasteiger partial charge in [0.15, 0.2) is 0 Å². The molecule has 1 aromatic heterocycles. The van der Waals surface area contributed by atoms with Crippen LogP contribution < -0.4 is 0 Å². The summed E-state index contributed by atoms with van der Waals surface area (Å²) in [6, 6.07) is 28.2.